The van der Waals surface area contributed by atoms with Gasteiger partial charge >= 0.3 is 0 Å². The van der Waals surface area contributed by atoms with Gasteiger partial charge in [-0.3, -0.25) is 0 Å². The van der Waals surface area contributed by atoms with Crippen molar-refractivity contribution >= 4 is 43.7 Å². The summed E-state index contributed by atoms with van der Waals surface area (Å²) in [4.78, 5) is 0. The van der Waals surface area contributed by atoms with Gasteiger partial charge in [0.25, 0.3) is 0 Å². The van der Waals surface area contributed by atoms with E-state index >= 15 is 0 Å². The molecule has 256 valence electrons. The molecule has 0 amide bonds. The molecule has 8 aromatic carbocycles. The van der Waals surface area contributed by atoms with Gasteiger partial charge < -0.3 is 13.7 Å². The number of rotatable bonds is 4. The number of nitrogens with zero attached hydrogens (tertiary/aromatic N) is 1. The van der Waals surface area contributed by atoms with Gasteiger partial charge in [0.15, 0.2) is 0 Å². The maximum Gasteiger partial charge on any atom is 0.143 e. The summed E-state index contributed by atoms with van der Waals surface area (Å²) in [7, 11) is 0. The third kappa shape index (κ3) is 4.55. The van der Waals surface area contributed by atoms with E-state index in [-0.39, 0.29) is 5.41 Å². The van der Waals surface area contributed by atoms with Crippen LogP contribution in [0, 0.1) is 0 Å². The molecular formula is C51H35NO2. The molecule has 1 aliphatic rings. The number of hydrogen-bond acceptors (Lipinski definition) is 2. The lowest BCUT2D eigenvalue weighted by molar-refractivity contribution is 0.419. The van der Waals surface area contributed by atoms with Crippen molar-refractivity contribution in [3.63, 3.8) is 0 Å². The fourth-order valence-electron chi connectivity index (χ4n) is 8.81. The fraction of sp³-hybridized carbons (Fsp3) is 0.0588. The van der Waals surface area contributed by atoms with E-state index in [1.165, 1.54) is 38.6 Å². The quantitative estimate of drug-likeness (QED) is 0.183. The van der Waals surface area contributed by atoms with Crippen molar-refractivity contribution in [1.29, 1.82) is 0 Å². The molecule has 0 N–H and O–H groups in total. The predicted octanol–water partition coefficient (Wildman–Crippen LogP) is 14.1. The normalized spacial score (nSPS) is 13.3. The van der Waals surface area contributed by atoms with Crippen LogP contribution in [0.2, 0.25) is 0 Å². The van der Waals surface area contributed by atoms with Crippen LogP contribution in [0.5, 0.6) is 11.5 Å². The molecule has 11 rings (SSSR count). The molecule has 0 unspecified atom stereocenters. The average Bonchev–Trinajstić information content (AvgIpc) is 3.76. The van der Waals surface area contributed by atoms with E-state index < -0.39 is 0 Å². The van der Waals surface area contributed by atoms with Crippen LogP contribution >= 0.6 is 0 Å². The van der Waals surface area contributed by atoms with E-state index in [1.54, 1.807) is 0 Å². The van der Waals surface area contributed by atoms with E-state index in [0.717, 1.165) is 66.8 Å². The van der Waals surface area contributed by atoms with Crippen molar-refractivity contribution in [3.05, 3.63) is 187 Å². The number of benzene rings is 8. The molecule has 10 aromatic rings. The summed E-state index contributed by atoms with van der Waals surface area (Å²) >= 11 is 0. The maximum atomic E-state index is 6.71. The van der Waals surface area contributed by atoms with E-state index in [1.807, 2.05) is 6.07 Å². The lowest BCUT2D eigenvalue weighted by Gasteiger charge is -2.34. The molecule has 0 fully saturated rings. The lowest BCUT2D eigenvalue weighted by atomic mass is 9.75. The maximum absolute atomic E-state index is 6.71. The Balaban J connectivity index is 1.22. The highest BCUT2D eigenvalue weighted by Crippen LogP contribution is 2.50. The third-order valence-corrected chi connectivity index (χ3v) is 11.4. The molecular weight excluding hydrogens is 659 g/mol. The SMILES string of the molecule is CC1(C)c2ccccc2Oc2cc3c(cc21)c1ccccc1n3-c1cc(-c2ccccc2-c2ccccc2)cc(-c2cccc3c2oc2ccccc23)c1. The first-order chi connectivity index (χ1) is 26.5. The van der Waals surface area contributed by atoms with Crippen LogP contribution in [0.25, 0.3) is 82.8 Å². The van der Waals surface area contributed by atoms with Gasteiger partial charge in [-0.05, 0) is 70.3 Å². The van der Waals surface area contributed by atoms with Crippen molar-refractivity contribution < 1.29 is 9.15 Å². The van der Waals surface area contributed by atoms with Crippen LogP contribution < -0.4 is 4.74 Å². The highest BCUT2D eigenvalue weighted by Gasteiger charge is 2.35. The van der Waals surface area contributed by atoms with Gasteiger partial charge in [0.05, 0.1) is 11.0 Å². The zero-order valence-electron chi connectivity index (χ0n) is 30.0. The smallest absolute Gasteiger partial charge is 0.143 e. The van der Waals surface area contributed by atoms with Gasteiger partial charge in [-0.25, -0.2) is 0 Å². The topological polar surface area (TPSA) is 27.3 Å². The number of aromatic nitrogens is 1. The molecule has 0 saturated heterocycles. The van der Waals surface area contributed by atoms with E-state index in [9.17, 15) is 0 Å². The molecule has 3 heterocycles. The summed E-state index contributed by atoms with van der Waals surface area (Å²) in [5.74, 6) is 1.81. The number of ether oxygens (including phenoxy) is 1. The first-order valence-corrected chi connectivity index (χ1v) is 18.6. The molecule has 0 atom stereocenters. The van der Waals surface area contributed by atoms with E-state index in [4.69, 9.17) is 9.15 Å². The minimum Gasteiger partial charge on any atom is -0.457 e. The standard InChI is InChI=1S/C51H35NO2/c1-51(2)43-23-10-13-26-48(43)53-49-31-46-42(30-44(49)51)39-19-8-11-24-45(39)52(46)35-28-33(37-18-7-6-17-36(37)32-15-4-3-5-16-32)27-34(29-35)38-21-14-22-41-40-20-9-12-25-47(40)54-50(38)41/h3-31H,1-2H3. The Bertz CT molecular complexity index is 3110. The Hall–Kier alpha value is -6.84. The summed E-state index contributed by atoms with van der Waals surface area (Å²) < 4.78 is 15.8. The Morgan fingerprint density at radius 3 is 1.93 bits per heavy atom. The highest BCUT2D eigenvalue weighted by atomic mass is 16.5. The summed E-state index contributed by atoms with van der Waals surface area (Å²) in [5.41, 5.74) is 14.1. The van der Waals surface area contributed by atoms with E-state index in [0.29, 0.717) is 0 Å². The fourth-order valence-corrected chi connectivity index (χ4v) is 8.81. The molecule has 54 heavy (non-hydrogen) atoms. The Morgan fingerprint density at radius 2 is 1.07 bits per heavy atom. The van der Waals surface area contributed by atoms with Crippen molar-refractivity contribution in [2.75, 3.05) is 0 Å². The largest absolute Gasteiger partial charge is 0.457 e. The molecule has 0 radical (unpaired) electrons. The molecule has 3 heteroatoms. The van der Waals surface area contributed by atoms with Gasteiger partial charge in [0.2, 0.25) is 0 Å². The molecule has 3 nitrogen and oxygen atoms in total. The zero-order valence-corrected chi connectivity index (χ0v) is 30.0. The lowest BCUT2D eigenvalue weighted by Crippen LogP contribution is -2.24. The second kappa shape index (κ2) is 11.6. The summed E-state index contributed by atoms with van der Waals surface area (Å²) in [6.07, 6.45) is 0. The van der Waals surface area contributed by atoms with Crippen LogP contribution in [-0.4, -0.2) is 4.57 Å². The second-order valence-electron chi connectivity index (χ2n) is 14.9. The number of para-hydroxylation sites is 4. The molecule has 2 aromatic heterocycles. The highest BCUT2D eigenvalue weighted by molar-refractivity contribution is 6.12. The summed E-state index contributed by atoms with van der Waals surface area (Å²) in [6, 6.07) is 63.0. The molecule has 1 aliphatic heterocycles. The average molecular weight is 694 g/mol. The number of fused-ring (bicyclic) bond motifs is 8. The predicted molar refractivity (Wildman–Crippen MR) is 223 cm³/mol. The van der Waals surface area contributed by atoms with Crippen LogP contribution in [0.3, 0.4) is 0 Å². The van der Waals surface area contributed by atoms with Gasteiger partial charge in [-0.15, -0.1) is 0 Å². The number of hydrogen-bond donors (Lipinski definition) is 0. The minimum atomic E-state index is -0.221. The minimum absolute atomic E-state index is 0.221. The monoisotopic (exact) mass is 693 g/mol. The Kier molecular flexibility index (Phi) is 6.60. The van der Waals surface area contributed by atoms with Crippen molar-refractivity contribution in [2.45, 2.75) is 19.3 Å². The second-order valence-corrected chi connectivity index (χ2v) is 14.9. The Labute approximate surface area is 313 Å². The van der Waals surface area contributed by atoms with Crippen LogP contribution in [-0.2, 0) is 5.41 Å². The molecule has 0 saturated carbocycles. The van der Waals surface area contributed by atoms with Gasteiger partial charge in [0.1, 0.15) is 22.7 Å². The first-order valence-electron chi connectivity index (χ1n) is 18.6. The third-order valence-electron chi connectivity index (χ3n) is 11.4. The first kappa shape index (κ1) is 30.8. The number of furan rings is 1. The van der Waals surface area contributed by atoms with Crippen LogP contribution in [0.1, 0.15) is 25.0 Å². The van der Waals surface area contributed by atoms with Crippen LogP contribution in [0.4, 0.5) is 0 Å². The summed E-state index contributed by atoms with van der Waals surface area (Å²) in [6.45, 7) is 4.60. The van der Waals surface area contributed by atoms with Crippen molar-refractivity contribution in [2.24, 2.45) is 0 Å². The van der Waals surface area contributed by atoms with Gasteiger partial charge in [-0.2, -0.15) is 0 Å². The zero-order chi connectivity index (χ0) is 36.0. The van der Waals surface area contributed by atoms with Gasteiger partial charge in [-0.1, -0.05) is 141 Å². The van der Waals surface area contributed by atoms with Gasteiger partial charge in [0, 0.05) is 55.4 Å². The molecule has 0 spiro atoms. The Morgan fingerprint density at radius 1 is 0.426 bits per heavy atom. The van der Waals surface area contributed by atoms with Crippen molar-refractivity contribution in [1.82, 2.24) is 4.57 Å². The van der Waals surface area contributed by atoms with Crippen LogP contribution in [0.15, 0.2) is 180 Å². The molecule has 0 bridgehead atoms. The van der Waals surface area contributed by atoms with Crippen molar-refractivity contribution in [3.8, 4) is 50.6 Å². The summed E-state index contributed by atoms with van der Waals surface area (Å²) in [5, 5.41) is 4.65. The van der Waals surface area contributed by atoms with E-state index in [2.05, 4.69) is 188 Å². The molecule has 0 aliphatic carbocycles.